The van der Waals surface area contributed by atoms with E-state index in [9.17, 15) is 13.6 Å². The molecule has 224 valence electrons. The molecule has 1 unspecified atom stereocenters. The summed E-state index contributed by atoms with van der Waals surface area (Å²) < 4.78 is 35.2. The van der Waals surface area contributed by atoms with Crippen LogP contribution < -0.4 is 10.6 Å². The number of allylic oxidation sites excluding steroid dienone is 1. The average molecular weight is 580 g/mol. The van der Waals surface area contributed by atoms with Crippen molar-refractivity contribution in [2.24, 2.45) is 11.0 Å². The summed E-state index contributed by atoms with van der Waals surface area (Å²) in [6, 6.07) is 12.3. The van der Waals surface area contributed by atoms with E-state index in [2.05, 4.69) is 34.3 Å². The quantitative estimate of drug-likeness (QED) is 0.242. The van der Waals surface area contributed by atoms with Gasteiger partial charge in [0.05, 0.1) is 30.1 Å². The van der Waals surface area contributed by atoms with Gasteiger partial charge >= 0.3 is 6.03 Å². The molecule has 1 aromatic heterocycles. The van der Waals surface area contributed by atoms with Crippen molar-refractivity contribution in [2.75, 3.05) is 33.1 Å². The molecule has 1 saturated heterocycles. The highest BCUT2D eigenvalue weighted by Gasteiger charge is 2.43. The third-order valence-corrected chi connectivity index (χ3v) is 7.86. The molecular weight excluding hydrogens is 540 g/mol. The number of methoxy groups -OCH3 is 1. The minimum Gasteiger partial charge on any atom is -0.384 e. The fraction of sp³-hybridized carbons (Fsp3) is 0.387. The molecule has 2 aromatic carbocycles. The molecule has 2 heterocycles. The van der Waals surface area contributed by atoms with Gasteiger partial charge in [-0.25, -0.2) is 18.3 Å². The number of urea groups is 1. The lowest BCUT2D eigenvalue weighted by molar-refractivity contribution is 0.101. The van der Waals surface area contributed by atoms with Crippen LogP contribution in [0.25, 0.3) is 11.3 Å². The summed E-state index contributed by atoms with van der Waals surface area (Å²) in [6.07, 6.45) is 2.41. The summed E-state index contributed by atoms with van der Waals surface area (Å²) in [6.45, 7) is 9.96. The molecule has 0 saturated carbocycles. The lowest BCUT2D eigenvalue weighted by Crippen LogP contribution is -2.41. The van der Waals surface area contributed by atoms with Gasteiger partial charge in [-0.1, -0.05) is 31.2 Å². The first-order valence-electron chi connectivity index (χ1n) is 13.8. The molecule has 2 amide bonds. The molecule has 1 fully saturated rings. The molecule has 3 aromatic rings. The van der Waals surface area contributed by atoms with Gasteiger partial charge in [0.2, 0.25) is 0 Å². The minimum atomic E-state index is -0.923. The Morgan fingerprint density at radius 3 is 2.62 bits per heavy atom. The maximum atomic E-state index is 14.3. The van der Waals surface area contributed by atoms with Crippen LogP contribution in [0.15, 0.2) is 59.8 Å². The molecule has 11 heteroatoms. The predicted molar refractivity (Wildman–Crippen MR) is 162 cm³/mol. The van der Waals surface area contributed by atoms with Gasteiger partial charge in [-0.3, -0.25) is 15.2 Å². The topological polar surface area (TPSA) is 87.0 Å². The molecule has 9 nitrogen and oxygen atoms in total. The molecule has 0 spiro atoms. The normalized spacial score (nSPS) is 19.9. The second-order valence-electron chi connectivity index (χ2n) is 10.8. The van der Waals surface area contributed by atoms with Crippen molar-refractivity contribution in [1.29, 1.82) is 0 Å². The fourth-order valence-corrected chi connectivity index (χ4v) is 5.82. The number of carbonyl (C=O) groups is 1. The molecule has 4 atom stereocenters. The second kappa shape index (κ2) is 13.3. The molecule has 1 aliphatic rings. The van der Waals surface area contributed by atoms with Crippen LogP contribution in [0.1, 0.15) is 43.1 Å². The van der Waals surface area contributed by atoms with Crippen LogP contribution >= 0.6 is 0 Å². The van der Waals surface area contributed by atoms with Gasteiger partial charge in [0.15, 0.2) is 11.6 Å². The van der Waals surface area contributed by atoms with Gasteiger partial charge < -0.3 is 10.1 Å². The molecule has 0 bridgehead atoms. The van der Waals surface area contributed by atoms with Gasteiger partial charge in [0, 0.05) is 38.7 Å². The number of aromatic nitrogens is 2. The van der Waals surface area contributed by atoms with Crippen molar-refractivity contribution >= 4 is 24.1 Å². The van der Waals surface area contributed by atoms with Crippen molar-refractivity contribution in [1.82, 2.24) is 25.0 Å². The SMILES string of the molecule is C=NN(C)/C=C(\C)c1nn(-c2ccccc2)c(NC(=O)N[C@@H]2C[C@@H](C(C)COC)N(C)[C@H]2c2ccc(F)c(F)c2)c1C. The summed E-state index contributed by atoms with van der Waals surface area (Å²) in [5.41, 5.74) is 3.67. The van der Waals surface area contributed by atoms with E-state index in [-0.39, 0.29) is 24.0 Å². The Labute approximate surface area is 245 Å². The monoisotopic (exact) mass is 579 g/mol. The third-order valence-electron chi connectivity index (χ3n) is 7.86. The highest BCUT2D eigenvalue weighted by molar-refractivity contribution is 5.90. The molecule has 4 rings (SSSR count). The Kier molecular flexibility index (Phi) is 9.74. The van der Waals surface area contributed by atoms with Gasteiger partial charge in [0.1, 0.15) is 5.82 Å². The first-order valence-corrected chi connectivity index (χ1v) is 13.8. The van der Waals surface area contributed by atoms with Crippen LogP contribution in [0.4, 0.5) is 19.4 Å². The Bertz CT molecular complexity index is 1440. The highest BCUT2D eigenvalue weighted by atomic mass is 19.2. The lowest BCUT2D eigenvalue weighted by Gasteiger charge is -2.30. The predicted octanol–water partition coefficient (Wildman–Crippen LogP) is 5.59. The van der Waals surface area contributed by atoms with Crippen molar-refractivity contribution in [2.45, 2.75) is 45.3 Å². The number of anilines is 1. The van der Waals surface area contributed by atoms with E-state index in [1.807, 2.05) is 57.4 Å². The number of rotatable bonds is 10. The summed E-state index contributed by atoms with van der Waals surface area (Å²) in [4.78, 5) is 15.7. The number of carbonyl (C=O) groups excluding carboxylic acids is 1. The van der Waals surface area contributed by atoms with Crippen molar-refractivity contribution in [3.63, 3.8) is 0 Å². The summed E-state index contributed by atoms with van der Waals surface area (Å²) >= 11 is 0. The number of nitrogens with zero attached hydrogens (tertiary/aromatic N) is 5. The van der Waals surface area contributed by atoms with Crippen LogP contribution in [0, 0.1) is 24.5 Å². The van der Waals surface area contributed by atoms with E-state index >= 15 is 0 Å². The third kappa shape index (κ3) is 6.52. The Morgan fingerprint density at radius 1 is 1.26 bits per heavy atom. The van der Waals surface area contributed by atoms with Gasteiger partial charge in [-0.2, -0.15) is 10.2 Å². The number of hydrazone groups is 1. The van der Waals surface area contributed by atoms with Crippen LogP contribution in [0.3, 0.4) is 0 Å². The molecule has 0 aliphatic carbocycles. The standard InChI is InChI=1S/C31H39F2N7O2/c1-19(17-38(5)34-4)28-21(3)30(40(37-28)23-11-9-8-10-12-23)36-31(41)35-26-16-27(20(2)18-42-7)39(6)29(26)22-13-14-24(32)25(33)15-22/h8-15,17,20,26-27,29H,4,16,18H2,1-3,5-7H3,(H2,35,36,41)/b19-17+/t20?,26-,27+,29+/m1/s1. The van der Waals surface area contributed by atoms with Crippen LogP contribution in [-0.4, -0.2) is 72.3 Å². The van der Waals surface area contributed by atoms with E-state index < -0.39 is 17.7 Å². The molecule has 0 radical (unpaired) electrons. The Balaban J connectivity index is 1.66. The van der Waals surface area contributed by atoms with Crippen LogP contribution in [0.5, 0.6) is 0 Å². The number of ether oxygens (including phenoxy) is 1. The second-order valence-corrected chi connectivity index (χ2v) is 10.8. The van der Waals surface area contributed by atoms with E-state index in [0.29, 0.717) is 30.1 Å². The zero-order valence-electron chi connectivity index (χ0n) is 24.9. The molecule has 1 aliphatic heterocycles. The van der Waals surface area contributed by atoms with Gasteiger partial charge in [-0.05, 0) is 68.6 Å². The minimum absolute atomic E-state index is 0.0415. The maximum Gasteiger partial charge on any atom is 0.320 e. The number of hydrogen-bond acceptors (Lipinski definition) is 6. The van der Waals surface area contributed by atoms with Crippen LogP contribution in [0.2, 0.25) is 0 Å². The van der Waals surface area contributed by atoms with Crippen LogP contribution in [-0.2, 0) is 4.74 Å². The molecule has 42 heavy (non-hydrogen) atoms. The zero-order chi connectivity index (χ0) is 30.6. The maximum absolute atomic E-state index is 14.3. The number of benzene rings is 2. The van der Waals surface area contributed by atoms with E-state index in [4.69, 9.17) is 9.84 Å². The smallest absolute Gasteiger partial charge is 0.320 e. The van der Waals surface area contributed by atoms with E-state index in [1.165, 1.54) is 6.07 Å². The first-order chi connectivity index (χ1) is 20.0. The Morgan fingerprint density at radius 2 is 1.98 bits per heavy atom. The van der Waals surface area contributed by atoms with E-state index in [1.54, 1.807) is 29.9 Å². The zero-order valence-corrected chi connectivity index (χ0v) is 24.9. The number of para-hydroxylation sites is 1. The van der Waals surface area contributed by atoms with Crippen molar-refractivity contribution in [3.05, 3.63) is 83.2 Å². The number of likely N-dealkylation sites (tertiary alicyclic amines) is 1. The first kappa shape index (κ1) is 30.9. The van der Waals surface area contributed by atoms with E-state index in [0.717, 1.165) is 22.9 Å². The average Bonchev–Trinajstić information content (AvgIpc) is 3.46. The Hall–Kier alpha value is -4.09. The summed E-state index contributed by atoms with van der Waals surface area (Å²) in [7, 11) is 5.36. The number of hydrogen-bond donors (Lipinski definition) is 2. The van der Waals surface area contributed by atoms with Gasteiger partial charge in [0.25, 0.3) is 0 Å². The largest absolute Gasteiger partial charge is 0.384 e. The van der Waals surface area contributed by atoms with Gasteiger partial charge in [-0.15, -0.1) is 0 Å². The fourth-order valence-electron chi connectivity index (χ4n) is 5.82. The molecular formula is C31H39F2N7O2. The summed E-state index contributed by atoms with van der Waals surface area (Å²) in [5, 5.41) is 16.4. The highest BCUT2D eigenvalue weighted by Crippen LogP contribution is 2.39. The summed E-state index contributed by atoms with van der Waals surface area (Å²) in [5.74, 6) is -1.18. The lowest BCUT2D eigenvalue weighted by atomic mass is 9.97. The van der Waals surface area contributed by atoms with Crippen molar-refractivity contribution in [3.8, 4) is 5.69 Å². The number of halogens is 2. The number of amides is 2. The number of likely N-dealkylation sites (N-methyl/N-ethyl adjacent to an activating group) is 1. The molecule has 2 N–H and O–H groups in total. The number of nitrogens with one attached hydrogen (secondary N) is 2. The van der Waals surface area contributed by atoms with Crippen molar-refractivity contribution < 1.29 is 18.3 Å².